The lowest BCUT2D eigenvalue weighted by Crippen LogP contribution is -1.99. The molecule has 4 rings (SSSR count). The third-order valence-corrected chi connectivity index (χ3v) is 4.99. The first kappa shape index (κ1) is 18.7. The minimum atomic E-state index is -0.406. The number of furan rings is 1. The maximum Gasteiger partial charge on any atom is 0.269 e. The lowest BCUT2D eigenvalue weighted by molar-refractivity contribution is -0.384. The number of benzene rings is 2. The number of hydrogen-bond donors (Lipinski definition) is 0. The summed E-state index contributed by atoms with van der Waals surface area (Å²) in [5.74, 6) is 1.96. The summed E-state index contributed by atoms with van der Waals surface area (Å²) in [6.45, 7) is 0. The Hall–Kier alpha value is -3.65. The molecule has 2 heterocycles. The van der Waals surface area contributed by atoms with Crippen LogP contribution in [0, 0.1) is 10.1 Å². The number of aromatic nitrogens is 3. The van der Waals surface area contributed by atoms with Crippen molar-refractivity contribution in [3.63, 3.8) is 0 Å². The van der Waals surface area contributed by atoms with Crippen molar-refractivity contribution in [3.8, 4) is 17.3 Å². The fourth-order valence-corrected chi connectivity index (χ4v) is 3.51. The monoisotopic (exact) mass is 404 g/mol. The van der Waals surface area contributed by atoms with E-state index in [9.17, 15) is 10.1 Å². The number of non-ortho nitro benzene ring substituents is 1. The fraction of sp³-hybridized carbons (Fsp3) is 0.0476. The number of nitrogens with zero attached hydrogens (tertiary/aromatic N) is 4. The quantitative estimate of drug-likeness (QED) is 0.238. The lowest BCUT2D eigenvalue weighted by atomic mass is 10.2. The van der Waals surface area contributed by atoms with Crippen LogP contribution in [-0.2, 0) is 0 Å². The van der Waals surface area contributed by atoms with Crippen LogP contribution in [0.25, 0.3) is 23.3 Å². The summed E-state index contributed by atoms with van der Waals surface area (Å²) in [6.07, 6.45) is 5.52. The van der Waals surface area contributed by atoms with Gasteiger partial charge in [-0.3, -0.25) is 14.7 Å². The number of hydrogen-bond acceptors (Lipinski definition) is 6. The van der Waals surface area contributed by atoms with Gasteiger partial charge in [0.1, 0.15) is 0 Å². The Bertz CT molecular complexity index is 1120. The standard InChI is InChI=1S/C21H16N4O3S/c26-25(27)18-12-10-16(11-13-18)6-5-15-29-21-23-22-20(19-9-4-14-28-19)24(21)17-7-2-1-3-8-17/h1-14H,15H2. The van der Waals surface area contributed by atoms with E-state index >= 15 is 0 Å². The van der Waals surface area contributed by atoms with Gasteiger partial charge >= 0.3 is 0 Å². The Morgan fingerprint density at radius 3 is 2.52 bits per heavy atom. The van der Waals surface area contributed by atoms with Crippen LogP contribution in [0.5, 0.6) is 0 Å². The van der Waals surface area contributed by atoms with Gasteiger partial charge in [-0.05, 0) is 42.0 Å². The summed E-state index contributed by atoms with van der Waals surface area (Å²) in [4.78, 5) is 10.3. The van der Waals surface area contributed by atoms with Crippen LogP contribution in [0.3, 0.4) is 0 Å². The zero-order chi connectivity index (χ0) is 20.1. The topological polar surface area (TPSA) is 87.0 Å². The van der Waals surface area contributed by atoms with E-state index < -0.39 is 4.92 Å². The highest BCUT2D eigenvalue weighted by molar-refractivity contribution is 7.99. The Kier molecular flexibility index (Phi) is 5.53. The molecule has 7 nitrogen and oxygen atoms in total. The smallest absolute Gasteiger partial charge is 0.269 e. The van der Waals surface area contributed by atoms with E-state index in [0.29, 0.717) is 17.3 Å². The Morgan fingerprint density at radius 2 is 1.83 bits per heavy atom. The van der Waals surface area contributed by atoms with Crippen LogP contribution in [0.1, 0.15) is 5.56 Å². The molecule has 0 aliphatic rings. The van der Waals surface area contributed by atoms with Crippen molar-refractivity contribution >= 4 is 23.5 Å². The molecule has 8 heteroatoms. The normalized spacial score (nSPS) is 11.2. The Labute approximate surface area is 170 Å². The summed E-state index contributed by atoms with van der Waals surface area (Å²) in [6, 6.07) is 20.0. The number of nitro groups is 1. The lowest BCUT2D eigenvalue weighted by Gasteiger charge is -2.08. The molecule has 0 amide bonds. The average molecular weight is 404 g/mol. The van der Waals surface area contributed by atoms with Crippen molar-refractivity contribution in [3.05, 3.63) is 94.7 Å². The van der Waals surface area contributed by atoms with E-state index in [0.717, 1.165) is 16.4 Å². The molecule has 0 aliphatic carbocycles. The van der Waals surface area contributed by atoms with Crippen LogP contribution in [0.4, 0.5) is 5.69 Å². The summed E-state index contributed by atoms with van der Waals surface area (Å²) in [5, 5.41) is 20.1. The second-order valence-corrected chi connectivity index (χ2v) is 7.00. The molecule has 2 aromatic carbocycles. The number of thioether (sulfide) groups is 1. The second-order valence-electron chi connectivity index (χ2n) is 6.02. The van der Waals surface area contributed by atoms with E-state index in [2.05, 4.69) is 10.2 Å². The van der Waals surface area contributed by atoms with E-state index in [1.165, 1.54) is 23.9 Å². The van der Waals surface area contributed by atoms with Crippen molar-refractivity contribution in [2.75, 3.05) is 5.75 Å². The maximum atomic E-state index is 10.7. The van der Waals surface area contributed by atoms with E-state index in [1.54, 1.807) is 18.4 Å². The molecule has 29 heavy (non-hydrogen) atoms. The minimum absolute atomic E-state index is 0.0814. The van der Waals surface area contributed by atoms with Crippen LogP contribution >= 0.6 is 11.8 Å². The van der Waals surface area contributed by atoms with Crippen molar-refractivity contribution in [2.45, 2.75) is 5.16 Å². The first-order valence-electron chi connectivity index (χ1n) is 8.81. The molecule has 0 bridgehead atoms. The third kappa shape index (κ3) is 4.27. The van der Waals surface area contributed by atoms with Crippen molar-refractivity contribution in [1.82, 2.24) is 14.8 Å². The number of nitro benzene ring substituents is 1. The molecule has 0 unspecified atom stereocenters. The SMILES string of the molecule is O=[N+]([O-])c1ccc(C=CCSc2nnc(-c3ccco3)n2-c2ccccc2)cc1. The zero-order valence-corrected chi connectivity index (χ0v) is 16.0. The minimum Gasteiger partial charge on any atom is -0.461 e. The first-order valence-corrected chi connectivity index (χ1v) is 9.79. The van der Waals surface area contributed by atoms with E-state index in [-0.39, 0.29) is 5.69 Å². The molecule has 0 spiro atoms. The molecule has 144 valence electrons. The predicted octanol–water partition coefficient (Wildman–Crippen LogP) is 5.24. The van der Waals surface area contributed by atoms with Gasteiger partial charge in [0.25, 0.3) is 5.69 Å². The van der Waals surface area contributed by atoms with Gasteiger partial charge in [0.15, 0.2) is 10.9 Å². The first-order chi connectivity index (χ1) is 14.2. The second kappa shape index (κ2) is 8.57. The highest BCUT2D eigenvalue weighted by atomic mass is 32.2. The van der Waals surface area contributed by atoms with Crippen LogP contribution in [0.15, 0.2) is 88.6 Å². The molecule has 0 saturated heterocycles. The molecule has 0 aliphatic heterocycles. The maximum absolute atomic E-state index is 10.7. The molecule has 0 fully saturated rings. The third-order valence-electron chi connectivity index (χ3n) is 4.11. The Balaban J connectivity index is 1.52. The largest absolute Gasteiger partial charge is 0.461 e. The predicted molar refractivity (Wildman–Crippen MR) is 112 cm³/mol. The summed E-state index contributed by atoms with van der Waals surface area (Å²) in [7, 11) is 0. The molecule has 0 N–H and O–H groups in total. The molecule has 4 aromatic rings. The van der Waals surface area contributed by atoms with Crippen LogP contribution in [0.2, 0.25) is 0 Å². The highest BCUT2D eigenvalue weighted by Crippen LogP contribution is 2.28. The van der Waals surface area contributed by atoms with Gasteiger partial charge < -0.3 is 4.42 Å². The van der Waals surface area contributed by atoms with Gasteiger partial charge in [0, 0.05) is 23.6 Å². The number of rotatable bonds is 7. The zero-order valence-electron chi connectivity index (χ0n) is 15.2. The molecular formula is C21H16N4O3S. The van der Waals surface area contributed by atoms with Crippen LogP contribution in [-0.4, -0.2) is 25.4 Å². The Morgan fingerprint density at radius 1 is 1.03 bits per heavy atom. The summed E-state index contributed by atoms with van der Waals surface area (Å²) >= 11 is 1.54. The van der Waals surface area contributed by atoms with Gasteiger partial charge in [0.05, 0.1) is 11.2 Å². The van der Waals surface area contributed by atoms with Crippen molar-refractivity contribution in [2.24, 2.45) is 0 Å². The van der Waals surface area contributed by atoms with Crippen LogP contribution < -0.4 is 0 Å². The van der Waals surface area contributed by atoms with Gasteiger partial charge in [-0.25, -0.2) is 0 Å². The number of para-hydroxylation sites is 1. The molecule has 0 atom stereocenters. The molecule has 2 aromatic heterocycles. The van der Waals surface area contributed by atoms with E-state index in [1.807, 2.05) is 59.2 Å². The van der Waals surface area contributed by atoms with Crippen molar-refractivity contribution in [1.29, 1.82) is 0 Å². The summed E-state index contributed by atoms with van der Waals surface area (Å²) < 4.78 is 7.47. The average Bonchev–Trinajstić information content (AvgIpc) is 3.42. The van der Waals surface area contributed by atoms with Gasteiger partial charge in [-0.2, -0.15) is 0 Å². The van der Waals surface area contributed by atoms with Crippen molar-refractivity contribution < 1.29 is 9.34 Å². The fourth-order valence-electron chi connectivity index (χ4n) is 2.75. The summed E-state index contributed by atoms with van der Waals surface area (Å²) in [5.41, 5.74) is 1.93. The van der Waals surface area contributed by atoms with E-state index in [4.69, 9.17) is 4.42 Å². The van der Waals surface area contributed by atoms with Gasteiger partial charge in [0.2, 0.25) is 5.82 Å². The highest BCUT2D eigenvalue weighted by Gasteiger charge is 2.17. The molecule has 0 saturated carbocycles. The van der Waals surface area contributed by atoms with Gasteiger partial charge in [-0.1, -0.05) is 42.1 Å². The molecule has 0 radical (unpaired) electrons. The van der Waals surface area contributed by atoms with Gasteiger partial charge in [-0.15, -0.1) is 10.2 Å². The molecular weight excluding hydrogens is 388 g/mol.